The van der Waals surface area contributed by atoms with E-state index in [1.54, 1.807) is 0 Å². The van der Waals surface area contributed by atoms with E-state index in [0.29, 0.717) is 17.7 Å². The summed E-state index contributed by atoms with van der Waals surface area (Å²) in [6.07, 6.45) is 0.320. The summed E-state index contributed by atoms with van der Waals surface area (Å²) in [5.41, 5.74) is 3.05. The topological polar surface area (TPSA) is 70.7 Å². The molecule has 0 spiro atoms. The Morgan fingerprint density at radius 1 is 1.15 bits per heavy atom. The zero-order chi connectivity index (χ0) is 19.3. The van der Waals surface area contributed by atoms with E-state index >= 15 is 0 Å². The summed E-state index contributed by atoms with van der Waals surface area (Å²) in [7, 11) is 0. The van der Waals surface area contributed by atoms with Crippen molar-refractivity contribution in [3.8, 4) is 0 Å². The Hall–Kier alpha value is -2.50. The number of nitrogens with one attached hydrogen (secondary N) is 2. The van der Waals surface area contributed by atoms with Crippen LogP contribution in [0.1, 0.15) is 52.6 Å². The van der Waals surface area contributed by atoms with Gasteiger partial charge in [0.2, 0.25) is 0 Å². The average Bonchev–Trinajstić information content (AvgIpc) is 2.61. The minimum absolute atomic E-state index is 0.226. The van der Waals surface area contributed by atoms with Crippen molar-refractivity contribution in [1.82, 2.24) is 10.6 Å². The van der Waals surface area contributed by atoms with E-state index in [-0.39, 0.29) is 12.1 Å². The number of urea groups is 1. The highest BCUT2D eigenvalue weighted by Crippen LogP contribution is 2.30. The molecule has 1 aliphatic rings. The van der Waals surface area contributed by atoms with Crippen LogP contribution in [-0.4, -0.2) is 31.2 Å². The van der Waals surface area contributed by atoms with Gasteiger partial charge < -0.3 is 20.3 Å². The number of esters is 1. The maximum atomic E-state index is 12.7. The number of hydrogen-bond acceptors (Lipinski definition) is 4. The molecule has 0 aromatic heterocycles. The molecule has 6 heteroatoms. The lowest BCUT2D eigenvalue weighted by molar-refractivity contribution is -0.143. The average molecular weight is 359 g/mol. The third-order valence-electron chi connectivity index (χ3n) is 4.42. The predicted molar refractivity (Wildman–Crippen MR) is 103 cm³/mol. The first-order chi connectivity index (χ1) is 12.4. The van der Waals surface area contributed by atoms with Crippen LogP contribution in [0.5, 0.6) is 0 Å². The highest BCUT2D eigenvalue weighted by molar-refractivity contribution is 5.95. The molecule has 0 radical (unpaired) electrons. The number of carbonyl (C=O) groups is 2. The number of ether oxygens (including phenoxy) is 1. The normalized spacial score (nSPS) is 17.0. The zero-order valence-electron chi connectivity index (χ0n) is 16.3. The van der Waals surface area contributed by atoms with E-state index < -0.39 is 12.0 Å². The number of rotatable bonds is 7. The van der Waals surface area contributed by atoms with Crippen LogP contribution >= 0.6 is 0 Å². The van der Waals surface area contributed by atoms with Crippen LogP contribution in [0.3, 0.4) is 0 Å². The van der Waals surface area contributed by atoms with Crippen LogP contribution in [0, 0.1) is 0 Å². The smallest absolute Gasteiger partial charge is 0.338 e. The van der Waals surface area contributed by atoms with Gasteiger partial charge in [-0.3, -0.25) is 0 Å². The van der Waals surface area contributed by atoms with Crippen LogP contribution in [0.15, 0.2) is 35.5 Å². The molecule has 0 aliphatic carbocycles. The van der Waals surface area contributed by atoms with Gasteiger partial charge in [0.1, 0.15) is 0 Å². The first-order valence-electron chi connectivity index (χ1n) is 9.27. The molecular weight excluding hydrogens is 330 g/mol. The Morgan fingerprint density at radius 3 is 2.27 bits per heavy atom. The van der Waals surface area contributed by atoms with Crippen molar-refractivity contribution in [3.05, 3.63) is 41.1 Å². The molecule has 1 heterocycles. The van der Waals surface area contributed by atoms with E-state index in [1.807, 2.05) is 45.0 Å². The molecule has 2 rings (SSSR count). The SMILES string of the molecule is CCC1=C(C(=O)OC(C)C)C(c2ccc(N(CC)CC)cc2)NC(=O)N1. The number of benzene rings is 1. The molecule has 142 valence electrons. The van der Waals surface area contributed by atoms with Crippen molar-refractivity contribution >= 4 is 17.7 Å². The van der Waals surface area contributed by atoms with Crippen molar-refractivity contribution in [2.75, 3.05) is 18.0 Å². The summed E-state index contributed by atoms with van der Waals surface area (Å²) in [6.45, 7) is 11.6. The molecule has 6 nitrogen and oxygen atoms in total. The second-order valence-electron chi connectivity index (χ2n) is 6.50. The Bertz CT molecular complexity index is 676. The van der Waals surface area contributed by atoms with E-state index in [1.165, 1.54) is 0 Å². The van der Waals surface area contributed by atoms with Crippen LogP contribution in [0.2, 0.25) is 0 Å². The molecule has 1 unspecified atom stereocenters. The summed E-state index contributed by atoms with van der Waals surface area (Å²) in [5.74, 6) is -0.401. The monoisotopic (exact) mass is 359 g/mol. The lowest BCUT2D eigenvalue weighted by Gasteiger charge is -2.30. The molecular formula is C20H29N3O3. The summed E-state index contributed by atoms with van der Waals surface area (Å²) in [6, 6.07) is 7.14. The molecule has 0 bridgehead atoms. The molecule has 2 N–H and O–H groups in total. The molecule has 0 fully saturated rings. The van der Waals surface area contributed by atoms with Crippen LogP contribution in [-0.2, 0) is 9.53 Å². The van der Waals surface area contributed by atoms with E-state index in [4.69, 9.17) is 4.74 Å². The van der Waals surface area contributed by atoms with E-state index in [2.05, 4.69) is 29.4 Å². The van der Waals surface area contributed by atoms with Crippen molar-refractivity contribution < 1.29 is 14.3 Å². The molecule has 1 aromatic carbocycles. The van der Waals surface area contributed by atoms with Crippen LogP contribution in [0.4, 0.5) is 10.5 Å². The predicted octanol–water partition coefficient (Wildman–Crippen LogP) is 3.50. The molecule has 1 aromatic rings. The maximum Gasteiger partial charge on any atom is 0.338 e. The second kappa shape index (κ2) is 8.74. The van der Waals surface area contributed by atoms with Gasteiger partial charge in [0.15, 0.2) is 0 Å². The first kappa shape index (κ1) is 19.8. The van der Waals surface area contributed by atoms with Gasteiger partial charge in [-0.2, -0.15) is 0 Å². The van der Waals surface area contributed by atoms with Gasteiger partial charge in [-0.25, -0.2) is 9.59 Å². The fraction of sp³-hybridized carbons (Fsp3) is 0.500. The standard InChI is InChI=1S/C20H29N3O3/c1-6-16-17(19(24)26-13(4)5)18(22-20(25)21-16)14-9-11-15(12-10-14)23(7-2)8-3/h9-13,18H,6-8H2,1-5H3,(H2,21,22,25). The van der Waals surface area contributed by atoms with E-state index in [0.717, 1.165) is 24.3 Å². The maximum absolute atomic E-state index is 12.7. The third kappa shape index (κ3) is 4.36. The van der Waals surface area contributed by atoms with Gasteiger partial charge in [0.25, 0.3) is 0 Å². The largest absolute Gasteiger partial charge is 0.459 e. The number of allylic oxidation sites excluding steroid dienone is 1. The van der Waals surface area contributed by atoms with Crippen molar-refractivity contribution in [3.63, 3.8) is 0 Å². The fourth-order valence-corrected chi connectivity index (χ4v) is 3.13. The van der Waals surface area contributed by atoms with Gasteiger partial charge in [-0.15, -0.1) is 0 Å². The molecule has 1 atom stereocenters. The van der Waals surface area contributed by atoms with Crippen molar-refractivity contribution in [1.29, 1.82) is 0 Å². The summed E-state index contributed by atoms with van der Waals surface area (Å²) >= 11 is 0. The first-order valence-corrected chi connectivity index (χ1v) is 9.27. The quantitative estimate of drug-likeness (QED) is 0.731. The Kier molecular flexibility index (Phi) is 6.66. The van der Waals surface area contributed by atoms with Gasteiger partial charge >= 0.3 is 12.0 Å². The van der Waals surface area contributed by atoms with E-state index in [9.17, 15) is 9.59 Å². The third-order valence-corrected chi connectivity index (χ3v) is 4.42. The summed E-state index contributed by atoms with van der Waals surface area (Å²) in [5, 5.41) is 5.59. The van der Waals surface area contributed by atoms with Gasteiger partial charge in [0.05, 0.1) is 17.7 Å². The minimum Gasteiger partial charge on any atom is -0.459 e. The van der Waals surface area contributed by atoms with Crippen LogP contribution in [0.25, 0.3) is 0 Å². The van der Waals surface area contributed by atoms with Gasteiger partial charge in [0, 0.05) is 24.5 Å². The molecule has 1 aliphatic heterocycles. The van der Waals surface area contributed by atoms with Gasteiger partial charge in [-0.05, 0) is 51.8 Å². The highest BCUT2D eigenvalue weighted by Gasteiger charge is 2.33. The lowest BCUT2D eigenvalue weighted by atomic mass is 9.94. The number of carbonyl (C=O) groups excluding carboxylic acids is 2. The van der Waals surface area contributed by atoms with Crippen molar-refractivity contribution in [2.45, 2.75) is 53.2 Å². The molecule has 26 heavy (non-hydrogen) atoms. The number of anilines is 1. The molecule has 0 saturated heterocycles. The zero-order valence-corrected chi connectivity index (χ0v) is 16.3. The molecule has 0 saturated carbocycles. The Labute approximate surface area is 155 Å². The van der Waals surface area contributed by atoms with Gasteiger partial charge in [-0.1, -0.05) is 19.1 Å². The number of amides is 2. The van der Waals surface area contributed by atoms with Crippen LogP contribution < -0.4 is 15.5 Å². The summed E-state index contributed by atoms with van der Waals surface area (Å²) in [4.78, 5) is 27.0. The number of hydrogen-bond donors (Lipinski definition) is 2. The molecule has 2 amide bonds. The second-order valence-corrected chi connectivity index (χ2v) is 6.50. The lowest BCUT2D eigenvalue weighted by Crippen LogP contribution is -2.46. The Morgan fingerprint density at radius 2 is 1.77 bits per heavy atom. The number of nitrogens with zero attached hydrogens (tertiary/aromatic N) is 1. The van der Waals surface area contributed by atoms with Crippen molar-refractivity contribution in [2.24, 2.45) is 0 Å². The summed E-state index contributed by atoms with van der Waals surface area (Å²) < 4.78 is 5.41. The highest BCUT2D eigenvalue weighted by atomic mass is 16.5. The Balaban J connectivity index is 2.40. The fourth-order valence-electron chi connectivity index (χ4n) is 3.13. The minimum atomic E-state index is -0.518.